The van der Waals surface area contributed by atoms with Crippen LogP contribution in [-0.2, 0) is 25.7 Å². The van der Waals surface area contributed by atoms with Crippen molar-refractivity contribution in [2.75, 3.05) is 6.54 Å². The quantitative estimate of drug-likeness (QED) is 0.681. The Labute approximate surface area is 172 Å². The minimum Gasteiger partial charge on any atom is -0.306 e. The lowest BCUT2D eigenvalue weighted by Crippen LogP contribution is -2.35. The van der Waals surface area contributed by atoms with E-state index in [-0.39, 0.29) is 5.56 Å². The first-order valence-corrected chi connectivity index (χ1v) is 9.79. The van der Waals surface area contributed by atoms with Crippen LogP contribution in [-0.4, -0.2) is 21.4 Å². The molecule has 0 amide bonds. The van der Waals surface area contributed by atoms with Gasteiger partial charge in [-0.05, 0) is 43.5 Å². The summed E-state index contributed by atoms with van der Waals surface area (Å²) in [5, 5.41) is 0. The number of nitrogens with one attached hydrogen (secondary N) is 1. The third kappa shape index (κ3) is 4.16. The van der Waals surface area contributed by atoms with Gasteiger partial charge in [-0.3, -0.25) is 9.69 Å². The van der Waals surface area contributed by atoms with Crippen LogP contribution in [0.25, 0.3) is 11.4 Å². The van der Waals surface area contributed by atoms with Crippen LogP contribution >= 0.6 is 0 Å². The van der Waals surface area contributed by atoms with E-state index < -0.39 is 11.7 Å². The van der Waals surface area contributed by atoms with E-state index in [1.54, 1.807) is 0 Å². The lowest BCUT2D eigenvalue weighted by molar-refractivity contribution is -0.137. The molecule has 0 saturated heterocycles. The number of alkyl halides is 3. The number of rotatable bonds is 3. The van der Waals surface area contributed by atoms with Crippen molar-refractivity contribution < 1.29 is 13.2 Å². The third-order valence-electron chi connectivity index (χ3n) is 5.54. The molecule has 30 heavy (non-hydrogen) atoms. The minimum absolute atomic E-state index is 0.221. The molecule has 1 aliphatic heterocycles. The zero-order chi connectivity index (χ0) is 21.5. The Balaban J connectivity index is 1.60. The molecule has 3 aromatic rings. The van der Waals surface area contributed by atoms with Crippen molar-refractivity contribution in [3.63, 3.8) is 0 Å². The highest BCUT2D eigenvalue weighted by Crippen LogP contribution is 2.30. The molecule has 0 bridgehead atoms. The van der Waals surface area contributed by atoms with Gasteiger partial charge in [-0.1, -0.05) is 35.9 Å². The molecule has 0 unspecified atom stereocenters. The van der Waals surface area contributed by atoms with Crippen molar-refractivity contribution in [2.45, 2.75) is 39.5 Å². The predicted octanol–water partition coefficient (Wildman–Crippen LogP) is 4.63. The minimum atomic E-state index is -4.40. The van der Waals surface area contributed by atoms with E-state index in [2.05, 4.69) is 46.9 Å². The number of hydrogen-bond acceptors (Lipinski definition) is 3. The number of halogens is 3. The second kappa shape index (κ2) is 7.72. The highest BCUT2D eigenvalue weighted by molar-refractivity contribution is 5.56. The van der Waals surface area contributed by atoms with Crippen LogP contribution in [0.2, 0.25) is 0 Å². The summed E-state index contributed by atoms with van der Waals surface area (Å²) < 4.78 is 38.4. The fourth-order valence-electron chi connectivity index (χ4n) is 3.79. The van der Waals surface area contributed by atoms with Gasteiger partial charge in [-0.15, -0.1) is 0 Å². The smallest absolute Gasteiger partial charge is 0.306 e. The van der Waals surface area contributed by atoms with Gasteiger partial charge in [0.05, 0.1) is 11.3 Å². The molecule has 4 nitrogen and oxygen atoms in total. The number of aryl methyl sites for hydroxylation is 2. The average molecular weight is 413 g/mol. The molecule has 1 N–H and O–H groups in total. The number of nitrogens with zero attached hydrogens (tertiary/aromatic N) is 2. The fraction of sp³-hybridized carbons (Fsp3) is 0.304. The van der Waals surface area contributed by atoms with Crippen LogP contribution < -0.4 is 5.56 Å². The lowest BCUT2D eigenvalue weighted by Gasteiger charge is -2.28. The van der Waals surface area contributed by atoms with Gasteiger partial charge >= 0.3 is 6.18 Å². The molecule has 156 valence electrons. The van der Waals surface area contributed by atoms with Gasteiger partial charge < -0.3 is 4.98 Å². The second-order valence-corrected chi connectivity index (χ2v) is 7.81. The topological polar surface area (TPSA) is 49.0 Å². The lowest BCUT2D eigenvalue weighted by atomic mass is 10.0. The molecule has 0 atom stereocenters. The molecular formula is C23H22F3N3O. The molecule has 7 heteroatoms. The standard InChI is InChI=1S/C23H22F3N3O/c1-14-3-4-15(2)17(11-14)12-29-10-9-19-20(13-29)27-21(28-22(19)30)16-5-7-18(8-6-16)23(24,25)26/h3-8,11H,9-10,12-13H2,1-2H3,(H,27,28,30). The number of fused-ring (bicyclic) bond motifs is 1. The highest BCUT2D eigenvalue weighted by Gasteiger charge is 2.30. The summed E-state index contributed by atoms with van der Waals surface area (Å²) in [7, 11) is 0. The number of hydrogen-bond donors (Lipinski definition) is 1. The molecule has 0 saturated carbocycles. The maximum absolute atomic E-state index is 12.8. The van der Waals surface area contributed by atoms with E-state index >= 15 is 0 Å². The van der Waals surface area contributed by atoms with Crippen LogP contribution in [0, 0.1) is 13.8 Å². The summed E-state index contributed by atoms with van der Waals surface area (Å²) in [4.78, 5) is 22.1. The van der Waals surface area contributed by atoms with Gasteiger partial charge in [0.1, 0.15) is 5.82 Å². The maximum atomic E-state index is 12.8. The molecule has 0 aliphatic carbocycles. The average Bonchev–Trinajstić information content (AvgIpc) is 2.70. The summed E-state index contributed by atoms with van der Waals surface area (Å²) in [5.74, 6) is 0.293. The van der Waals surface area contributed by atoms with Gasteiger partial charge in [0.25, 0.3) is 5.56 Å². The van der Waals surface area contributed by atoms with Gasteiger partial charge in [-0.2, -0.15) is 13.2 Å². The Bertz CT molecular complexity index is 1130. The molecule has 1 aliphatic rings. The van der Waals surface area contributed by atoms with Crippen LogP contribution in [0.15, 0.2) is 47.3 Å². The number of H-pyrrole nitrogens is 1. The van der Waals surface area contributed by atoms with E-state index in [1.165, 1.54) is 28.8 Å². The van der Waals surface area contributed by atoms with Crippen LogP contribution in [0.3, 0.4) is 0 Å². The number of aromatic amines is 1. The largest absolute Gasteiger partial charge is 0.416 e. The molecule has 2 aromatic carbocycles. The monoisotopic (exact) mass is 413 g/mol. The van der Waals surface area contributed by atoms with Crippen LogP contribution in [0.5, 0.6) is 0 Å². The molecule has 0 fully saturated rings. The number of benzene rings is 2. The van der Waals surface area contributed by atoms with E-state index in [1.807, 2.05) is 0 Å². The van der Waals surface area contributed by atoms with E-state index in [4.69, 9.17) is 0 Å². The first-order valence-electron chi connectivity index (χ1n) is 9.79. The van der Waals surface area contributed by atoms with Crippen LogP contribution in [0.1, 0.15) is 33.5 Å². The Morgan fingerprint density at radius 3 is 2.53 bits per heavy atom. The highest BCUT2D eigenvalue weighted by atomic mass is 19.4. The zero-order valence-electron chi connectivity index (χ0n) is 16.8. The fourth-order valence-corrected chi connectivity index (χ4v) is 3.79. The summed E-state index contributed by atoms with van der Waals surface area (Å²) in [6.07, 6.45) is -3.81. The number of aromatic nitrogens is 2. The van der Waals surface area contributed by atoms with Crippen molar-refractivity contribution in [2.24, 2.45) is 0 Å². The Morgan fingerprint density at radius 1 is 1.10 bits per heavy atom. The van der Waals surface area contributed by atoms with Crippen LogP contribution in [0.4, 0.5) is 13.2 Å². The predicted molar refractivity (Wildman–Crippen MR) is 109 cm³/mol. The van der Waals surface area contributed by atoms with Crippen molar-refractivity contribution in [3.05, 3.63) is 86.3 Å². The molecular weight excluding hydrogens is 391 g/mol. The molecule has 0 radical (unpaired) electrons. The van der Waals surface area contributed by atoms with Gasteiger partial charge in [0.15, 0.2) is 0 Å². The molecule has 2 heterocycles. The Morgan fingerprint density at radius 2 is 1.83 bits per heavy atom. The first-order chi connectivity index (χ1) is 14.2. The van der Waals surface area contributed by atoms with Crippen molar-refractivity contribution >= 4 is 0 Å². The summed E-state index contributed by atoms with van der Waals surface area (Å²) >= 11 is 0. The molecule has 0 spiro atoms. The first kappa shape index (κ1) is 20.3. The molecule has 1 aromatic heterocycles. The summed E-state index contributed by atoms with van der Waals surface area (Å²) in [6.45, 7) is 6.19. The normalized spacial score (nSPS) is 14.6. The van der Waals surface area contributed by atoms with Crippen molar-refractivity contribution in [1.82, 2.24) is 14.9 Å². The van der Waals surface area contributed by atoms with E-state index in [0.717, 1.165) is 25.2 Å². The van der Waals surface area contributed by atoms with Gasteiger partial charge in [0, 0.05) is 30.8 Å². The second-order valence-electron chi connectivity index (χ2n) is 7.81. The zero-order valence-corrected chi connectivity index (χ0v) is 16.8. The molecule has 4 rings (SSSR count). The van der Waals surface area contributed by atoms with Gasteiger partial charge in [-0.25, -0.2) is 4.98 Å². The maximum Gasteiger partial charge on any atom is 0.416 e. The SMILES string of the molecule is Cc1ccc(C)c(CN2CCc3c(nc(-c4ccc(C(F)(F)F)cc4)[nH]c3=O)C2)c1. The Kier molecular flexibility index (Phi) is 5.24. The Hall–Kier alpha value is -2.93. The van der Waals surface area contributed by atoms with Crippen molar-refractivity contribution in [3.8, 4) is 11.4 Å². The summed E-state index contributed by atoms with van der Waals surface area (Å²) in [5.41, 5.74) is 4.50. The third-order valence-corrected chi connectivity index (χ3v) is 5.54. The summed E-state index contributed by atoms with van der Waals surface area (Å²) in [6, 6.07) is 11.0. The van der Waals surface area contributed by atoms with E-state index in [0.29, 0.717) is 35.6 Å². The van der Waals surface area contributed by atoms with Crippen molar-refractivity contribution in [1.29, 1.82) is 0 Å². The van der Waals surface area contributed by atoms with E-state index in [9.17, 15) is 18.0 Å². The van der Waals surface area contributed by atoms with Gasteiger partial charge in [0.2, 0.25) is 0 Å².